The lowest BCUT2D eigenvalue weighted by molar-refractivity contribution is -0.137. The molecule has 0 unspecified atom stereocenters. The number of halogens is 3. The molecule has 0 radical (unpaired) electrons. The summed E-state index contributed by atoms with van der Waals surface area (Å²) in [7, 11) is 0. The standard InChI is InChI=1S/C22H22F3N5O2/c1-15-6-7-30-13-18(26-19(30)12-15)21(32)29-10-8-28(9-11-29)14-20(31)27-17-5-3-2-4-16(17)22(23,24)25/h2-7,12-13H,8-11,14H2,1H3,(H,27,31). The number of amides is 2. The molecule has 0 saturated carbocycles. The zero-order valence-corrected chi connectivity index (χ0v) is 17.4. The van der Waals surface area contributed by atoms with Crippen molar-refractivity contribution in [1.29, 1.82) is 0 Å². The predicted octanol–water partition coefficient (Wildman–Crippen LogP) is 3.06. The van der Waals surface area contributed by atoms with Gasteiger partial charge in [0.15, 0.2) is 0 Å². The molecule has 3 aromatic rings. The van der Waals surface area contributed by atoms with E-state index in [1.165, 1.54) is 18.2 Å². The van der Waals surface area contributed by atoms with Crippen LogP contribution in [0.25, 0.3) is 5.65 Å². The molecule has 3 heterocycles. The molecule has 0 aliphatic carbocycles. The van der Waals surface area contributed by atoms with Crippen LogP contribution in [0.5, 0.6) is 0 Å². The molecule has 1 aliphatic rings. The molecule has 4 rings (SSSR count). The highest BCUT2D eigenvalue weighted by Crippen LogP contribution is 2.34. The summed E-state index contributed by atoms with van der Waals surface area (Å²) in [6, 6.07) is 8.70. The number of nitrogens with zero attached hydrogens (tertiary/aromatic N) is 4. The van der Waals surface area contributed by atoms with Crippen molar-refractivity contribution in [3.8, 4) is 0 Å². The van der Waals surface area contributed by atoms with E-state index in [4.69, 9.17) is 0 Å². The van der Waals surface area contributed by atoms with Crippen LogP contribution in [0.3, 0.4) is 0 Å². The summed E-state index contributed by atoms with van der Waals surface area (Å²) in [5.41, 5.74) is 0.951. The molecule has 1 aliphatic heterocycles. The first-order valence-corrected chi connectivity index (χ1v) is 10.1. The number of para-hydroxylation sites is 1. The van der Waals surface area contributed by atoms with Gasteiger partial charge in [0, 0.05) is 38.6 Å². The van der Waals surface area contributed by atoms with Crippen molar-refractivity contribution in [2.24, 2.45) is 0 Å². The third kappa shape index (κ3) is 4.75. The Morgan fingerprint density at radius 3 is 2.53 bits per heavy atom. The molecule has 2 amide bonds. The maximum atomic E-state index is 13.1. The van der Waals surface area contributed by atoms with Gasteiger partial charge in [-0.1, -0.05) is 12.1 Å². The minimum Gasteiger partial charge on any atom is -0.335 e. The number of imidazole rings is 1. The number of rotatable bonds is 4. The molecule has 2 aromatic heterocycles. The number of aromatic nitrogens is 2. The highest BCUT2D eigenvalue weighted by Gasteiger charge is 2.33. The van der Waals surface area contributed by atoms with Gasteiger partial charge in [0.2, 0.25) is 5.91 Å². The Balaban J connectivity index is 1.33. The van der Waals surface area contributed by atoms with Crippen molar-refractivity contribution in [3.05, 3.63) is 65.6 Å². The summed E-state index contributed by atoms with van der Waals surface area (Å²) < 4.78 is 41.1. The number of carbonyl (C=O) groups is 2. The fourth-order valence-corrected chi connectivity index (χ4v) is 3.69. The second-order valence-electron chi connectivity index (χ2n) is 7.76. The van der Waals surface area contributed by atoms with E-state index in [0.29, 0.717) is 37.5 Å². The second kappa shape index (κ2) is 8.62. The molecular weight excluding hydrogens is 423 g/mol. The second-order valence-corrected chi connectivity index (χ2v) is 7.76. The van der Waals surface area contributed by atoms with E-state index in [-0.39, 0.29) is 18.1 Å². The van der Waals surface area contributed by atoms with E-state index in [0.717, 1.165) is 11.6 Å². The quantitative estimate of drug-likeness (QED) is 0.670. The molecule has 1 saturated heterocycles. The Morgan fingerprint density at radius 1 is 1.09 bits per heavy atom. The molecule has 1 fully saturated rings. The molecule has 0 spiro atoms. The minimum atomic E-state index is -4.55. The zero-order chi connectivity index (χ0) is 22.9. The summed E-state index contributed by atoms with van der Waals surface area (Å²) in [5, 5.41) is 2.35. The van der Waals surface area contributed by atoms with Crippen molar-refractivity contribution < 1.29 is 22.8 Å². The summed E-state index contributed by atoms with van der Waals surface area (Å²) in [6.45, 7) is 3.57. The number of pyridine rings is 1. The van der Waals surface area contributed by atoms with E-state index in [1.54, 1.807) is 15.5 Å². The molecule has 1 N–H and O–H groups in total. The lowest BCUT2D eigenvalue weighted by Crippen LogP contribution is -2.50. The lowest BCUT2D eigenvalue weighted by atomic mass is 10.1. The van der Waals surface area contributed by atoms with E-state index < -0.39 is 17.6 Å². The number of anilines is 1. The Labute approximate surface area is 182 Å². The van der Waals surface area contributed by atoms with Gasteiger partial charge in [0.25, 0.3) is 5.91 Å². The molecule has 10 heteroatoms. The summed E-state index contributed by atoms with van der Waals surface area (Å²) in [6.07, 6.45) is -1.01. The normalized spacial score (nSPS) is 15.2. The zero-order valence-electron chi connectivity index (χ0n) is 17.4. The van der Waals surface area contributed by atoms with Crippen molar-refractivity contribution in [3.63, 3.8) is 0 Å². The molecule has 32 heavy (non-hydrogen) atoms. The van der Waals surface area contributed by atoms with Gasteiger partial charge in [0.1, 0.15) is 11.3 Å². The summed E-state index contributed by atoms with van der Waals surface area (Å²) >= 11 is 0. The molecule has 7 nitrogen and oxygen atoms in total. The average Bonchev–Trinajstić information content (AvgIpc) is 3.16. The van der Waals surface area contributed by atoms with Crippen molar-refractivity contribution in [2.45, 2.75) is 13.1 Å². The van der Waals surface area contributed by atoms with Crippen LogP contribution in [0, 0.1) is 6.92 Å². The van der Waals surface area contributed by atoms with Gasteiger partial charge in [-0.25, -0.2) is 4.98 Å². The first-order valence-electron chi connectivity index (χ1n) is 10.1. The Bertz CT molecular complexity index is 1150. The molecule has 168 valence electrons. The van der Waals surface area contributed by atoms with Gasteiger partial charge in [-0.2, -0.15) is 13.2 Å². The van der Waals surface area contributed by atoms with Gasteiger partial charge in [-0.05, 0) is 36.8 Å². The van der Waals surface area contributed by atoms with Gasteiger partial charge in [-0.3, -0.25) is 14.5 Å². The fraction of sp³-hybridized carbons (Fsp3) is 0.318. The van der Waals surface area contributed by atoms with Crippen LogP contribution in [-0.4, -0.2) is 63.7 Å². The maximum Gasteiger partial charge on any atom is 0.418 e. The number of nitrogens with one attached hydrogen (secondary N) is 1. The largest absolute Gasteiger partial charge is 0.418 e. The average molecular weight is 445 g/mol. The first kappa shape index (κ1) is 21.8. The van der Waals surface area contributed by atoms with Gasteiger partial charge in [0.05, 0.1) is 17.8 Å². The SMILES string of the molecule is Cc1ccn2cc(C(=O)N3CCN(CC(=O)Nc4ccccc4C(F)(F)F)CC3)nc2c1. The fourth-order valence-electron chi connectivity index (χ4n) is 3.69. The number of fused-ring (bicyclic) bond motifs is 1. The Morgan fingerprint density at radius 2 is 1.81 bits per heavy atom. The number of aryl methyl sites for hydroxylation is 1. The number of carbonyl (C=O) groups excluding carboxylic acids is 2. The van der Waals surface area contributed by atoms with Gasteiger partial charge >= 0.3 is 6.18 Å². The van der Waals surface area contributed by atoms with Crippen LogP contribution in [0.15, 0.2) is 48.8 Å². The van der Waals surface area contributed by atoms with Crippen molar-refractivity contribution in [1.82, 2.24) is 19.2 Å². The van der Waals surface area contributed by atoms with Gasteiger partial charge in [-0.15, -0.1) is 0 Å². The highest BCUT2D eigenvalue weighted by atomic mass is 19.4. The van der Waals surface area contributed by atoms with Crippen LogP contribution < -0.4 is 5.32 Å². The maximum absolute atomic E-state index is 13.1. The summed E-state index contributed by atoms with van der Waals surface area (Å²) in [4.78, 5) is 33.0. The highest BCUT2D eigenvalue weighted by molar-refractivity contribution is 5.94. The number of hydrogen-bond acceptors (Lipinski definition) is 4. The smallest absolute Gasteiger partial charge is 0.335 e. The van der Waals surface area contributed by atoms with Crippen LogP contribution in [0.1, 0.15) is 21.6 Å². The minimum absolute atomic E-state index is 0.0537. The monoisotopic (exact) mass is 445 g/mol. The van der Waals surface area contributed by atoms with Crippen LogP contribution in [-0.2, 0) is 11.0 Å². The van der Waals surface area contributed by atoms with Crippen LogP contribution in [0.4, 0.5) is 18.9 Å². The Kier molecular flexibility index (Phi) is 5.88. The predicted molar refractivity (Wildman–Crippen MR) is 112 cm³/mol. The van der Waals surface area contributed by atoms with E-state index >= 15 is 0 Å². The van der Waals surface area contributed by atoms with E-state index in [1.807, 2.05) is 30.2 Å². The lowest BCUT2D eigenvalue weighted by Gasteiger charge is -2.34. The van der Waals surface area contributed by atoms with E-state index in [9.17, 15) is 22.8 Å². The molecule has 0 atom stereocenters. The topological polar surface area (TPSA) is 70.0 Å². The number of alkyl halides is 3. The van der Waals surface area contributed by atoms with Crippen LogP contribution >= 0.6 is 0 Å². The number of benzene rings is 1. The van der Waals surface area contributed by atoms with E-state index in [2.05, 4.69) is 10.3 Å². The number of piperazine rings is 1. The van der Waals surface area contributed by atoms with Crippen LogP contribution in [0.2, 0.25) is 0 Å². The molecule has 1 aromatic carbocycles. The molecule has 0 bridgehead atoms. The third-order valence-corrected chi connectivity index (χ3v) is 5.37. The van der Waals surface area contributed by atoms with Gasteiger partial charge < -0.3 is 14.6 Å². The first-order chi connectivity index (χ1) is 15.2. The van der Waals surface area contributed by atoms with Crippen molar-refractivity contribution in [2.75, 3.05) is 38.0 Å². The third-order valence-electron chi connectivity index (χ3n) is 5.37. The van der Waals surface area contributed by atoms with Crippen molar-refractivity contribution >= 4 is 23.1 Å². The number of hydrogen-bond donors (Lipinski definition) is 1. The Hall–Kier alpha value is -3.40. The summed E-state index contributed by atoms with van der Waals surface area (Å²) in [5.74, 6) is -0.716. The molecular formula is C22H22F3N5O2.